The zero-order chi connectivity index (χ0) is 24.8. The van der Waals surface area contributed by atoms with Crippen LogP contribution in [0.1, 0.15) is 24.1 Å². The Kier molecular flexibility index (Phi) is 6.41. The number of halogens is 1. The maximum Gasteiger partial charge on any atom is 0.327 e. The molecular formula is C24H25BrN2O7. The summed E-state index contributed by atoms with van der Waals surface area (Å²) in [5, 5.41) is 23.8. The van der Waals surface area contributed by atoms with Crippen LogP contribution in [0.4, 0.5) is 0 Å². The van der Waals surface area contributed by atoms with Crippen molar-refractivity contribution >= 4 is 33.7 Å². The quantitative estimate of drug-likeness (QED) is 0.463. The Morgan fingerprint density at radius 3 is 2.41 bits per heavy atom. The SMILES string of the molecule is COc1cc(C2NC(C(=O)O)(C(C)O)C3C(=O)N(Cc4ccccc4)C(=O)C23)cc(Br)c1OC. The number of benzene rings is 2. The normalized spacial score (nSPS) is 27.0. The first kappa shape index (κ1) is 24.2. The lowest BCUT2D eigenvalue weighted by Crippen LogP contribution is -2.62. The zero-order valence-electron chi connectivity index (χ0n) is 18.8. The third kappa shape index (κ3) is 3.57. The van der Waals surface area contributed by atoms with E-state index in [2.05, 4.69) is 21.2 Å². The molecule has 9 nitrogen and oxygen atoms in total. The van der Waals surface area contributed by atoms with Crippen molar-refractivity contribution in [1.29, 1.82) is 0 Å². The van der Waals surface area contributed by atoms with E-state index in [0.717, 1.165) is 10.5 Å². The smallest absolute Gasteiger partial charge is 0.327 e. The van der Waals surface area contributed by atoms with E-state index in [-0.39, 0.29) is 6.54 Å². The van der Waals surface area contributed by atoms with Crippen molar-refractivity contribution in [3.05, 3.63) is 58.1 Å². The molecule has 0 aromatic heterocycles. The lowest BCUT2D eigenvalue weighted by Gasteiger charge is -2.33. The molecule has 0 aliphatic carbocycles. The molecule has 0 spiro atoms. The standard InChI is InChI=1S/C24H25BrN2O7/c1-12(28)24(23(31)32)18-17(21(29)27(22(18)30)11-13-7-5-4-6-8-13)19(26-24)14-9-15(25)20(34-3)16(10-14)33-2/h4-10,12,17-19,26,28H,11H2,1-3H3,(H,31,32). The number of carboxylic acid groups (broad SMARTS) is 1. The lowest BCUT2D eigenvalue weighted by molar-refractivity contribution is -0.157. The van der Waals surface area contributed by atoms with Gasteiger partial charge in [-0.1, -0.05) is 30.3 Å². The van der Waals surface area contributed by atoms with Crippen molar-refractivity contribution in [2.45, 2.75) is 31.2 Å². The van der Waals surface area contributed by atoms with E-state index < -0.39 is 47.3 Å². The van der Waals surface area contributed by atoms with Gasteiger partial charge in [0.25, 0.3) is 0 Å². The molecule has 0 radical (unpaired) electrons. The molecule has 4 rings (SSSR count). The topological polar surface area (TPSA) is 125 Å². The van der Waals surface area contributed by atoms with Gasteiger partial charge in [0.1, 0.15) is 0 Å². The predicted octanol–water partition coefficient (Wildman–Crippen LogP) is 2.12. The summed E-state index contributed by atoms with van der Waals surface area (Å²) in [6.45, 7) is 1.33. The molecule has 2 heterocycles. The molecule has 2 aromatic rings. The monoisotopic (exact) mass is 532 g/mol. The van der Waals surface area contributed by atoms with Gasteiger partial charge in [0.2, 0.25) is 11.8 Å². The second-order valence-corrected chi connectivity index (χ2v) is 9.32. The van der Waals surface area contributed by atoms with Crippen molar-refractivity contribution < 1.29 is 34.1 Å². The molecule has 2 aliphatic heterocycles. The van der Waals surface area contributed by atoms with Crippen LogP contribution in [0.5, 0.6) is 11.5 Å². The van der Waals surface area contributed by atoms with Gasteiger partial charge in [-0.25, -0.2) is 0 Å². The fraction of sp³-hybridized carbons (Fsp3) is 0.375. The van der Waals surface area contributed by atoms with Crippen LogP contribution < -0.4 is 14.8 Å². The van der Waals surface area contributed by atoms with E-state index in [1.54, 1.807) is 36.4 Å². The summed E-state index contributed by atoms with van der Waals surface area (Å²) in [7, 11) is 2.94. The fourth-order valence-electron chi connectivity index (χ4n) is 5.09. The molecule has 10 heteroatoms. The second kappa shape index (κ2) is 9.01. The number of ether oxygens (including phenoxy) is 2. The number of amides is 2. The number of imide groups is 1. The lowest BCUT2D eigenvalue weighted by atomic mass is 9.76. The molecule has 3 N–H and O–H groups in total. The van der Waals surface area contributed by atoms with E-state index in [0.29, 0.717) is 21.5 Å². The highest BCUT2D eigenvalue weighted by Crippen LogP contribution is 2.52. The number of hydrogen-bond acceptors (Lipinski definition) is 7. The van der Waals surface area contributed by atoms with E-state index in [1.165, 1.54) is 21.1 Å². The number of aliphatic hydroxyl groups excluding tert-OH is 1. The number of hydrogen-bond donors (Lipinski definition) is 3. The van der Waals surface area contributed by atoms with Crippen LogP contribution in [-0.2, 0) is 20.9 Å². The number of likely N-dealkylation sites (tertiary alicyclic amines) is 1. The number of carbonyl (C=O) groups excluding carboxylic acids is 2. The highest BCUT2D eigenvalue weighted by Gasteiger charge is 2.70. The van der Waals surface area contributed by atoms with Crippen LogP contribution in [0.15, 0.2) is 46.9 Å². The van der Waals surface area contributed by atoms with Gasteiger partial charge in [0, 0.05) is 6.04 Å². The van der Waals surface area contributed by atoms with Crippen LogP contribution in [0, 0.1) is 11.8 Å². The first-order valence-electron chi connectivity index (χ1n) is 10.7. The molecule has 0 bridgehead atoms. The zero-order valence-corrected chi connectivity index (χ0v) is 20.4. The summed E-state index contributed by atoms with van der Waals surface area (Å²) < 4.78 is 11.3. The van der Waals surface area contributed by atoms with Crippen molar-refractivity contribution in [2.75, 3.05) is 14.2 Å². The van der Waals surface area contributed by atoms with Gasteiger partial charge in [-0.15, -0.1) is 0 Å². The Labute approximate surface area is 204 Å². The van der Waals surface area contributed by atoms with E-state index in [9.17, 15) is 24.6 Å². The number of nitrogens with zero attached hydrogens (tertiary/aromatic N) is 1. The molecule has 0 saturated carbocycles. The first-order chi connectivity index (χ1) is 16.2. The van der Waals surface area contributed by atoms with Crippen molar-refractivity contribution in [3.63, 3.8) is 0 Å². The van der Waals surface area contributed by atoms with Crippen molar-refractivity contribution in [1.82, 2.24) is 10.2 Å². The molecule has 34 heavy (non-hydrogen) atoms. The number of nitrogens with one attached hydrogen (secondary N) is 1. The minimum absolute atomic E-state index is 0.0172. The Hall–Kier alpha value is -2.95. The first-order valence-corrected chi connectivity index (χ1v) is 11.5. The highest BCUT2D eigenvalue weighted by molar-refractivity contribution is 9.10. The fourth-order valence-corrected chi connectivity index (χ4v) is 5.71. The summed E-state index contributed by atoms with van der Waals surface area (Å²) in [4.78, 5) is 40.8. The maximum atomic E-state index is 13.6. The highest BCUT2D eigenvalue weighted by atomic mass is 79.9. The molecule has 2 fully saturated rings. The van der Waals surface area contributed by atoms with Crippen LogP contribution >= 0.6 is 15.9 Å². The van der Waals surface area contributed by atoms with Crippen LogP contribution in [0.25, 0.3) is 0 Å². The van der Waals surface area contributed by atoms with E-state index in [1.807, 2.05) is 6.07 Å². The molecule has 2 aliphatic rings. The number of fused-ring (bicyclic) bond motifs is 1. The van der Waals surface area contributed by atoms with Crippen molar-refractivity contribution in [2.24, 2.45) is 11.8 Å². The van der Waals surface area contributed by atoms with E-state index >= 15 is 0 Å². The summed E-state index contributed by atoms with van der Waals surface area (Å²) in [5.41, 5.74) is -0.792. The van der Waals surface area contributed by atoms with Gasteiger partial charge in [-0.05, 0) is 46.1 Å². The van der Waals surface area contributed by atoms with Crippen LogP contribution in [0.2, 0.25) is 0 Å². The summed E-state index contributed by atoms with van der Waals surface area (Å²) in [6, 6.07) is 11.4. The Balaban J connectivity index is 1.84. The van der Waals surface area contributed by atoms with Gasteiger partial charge in [0.05, 0.1) is 43.2 Å². The summed E-state index contributed by atoms with van der Waals surface area (Å²) in [6.07, 6.45) is -1.46. The summed E-state index contributed by atoms with van der Waals surface area (Å²) in [5.74, 6) is -4.05. The van der Waals surface area contributed by atoms with Gasteiger partial charge in [-0.3, -0.25) is 24.6 Å². The molecule has 180 valence electrons. The van der Waals surface area contributed by atoms with Gasteiger partial charge in [0.15, 0.2) is 17.0 Å². The molecule has 2 aromatic carbocycles. The average molecular weight is 533 g/mol. The average Bonchev–Trinajstić information content (AvgIpc) is 3.30. The Morgan fingerprint density at radius 1 is 1.18 bits per heavy atom. The van der Waals surface area contributed by atoms with Crippen LogP contribution in [0.3, 0.4) is 0 Å². The minimum Gasteiger partial charge on any atom is -0.493 e. The predicted molar refractivity (Wildman–Crippen MR) is 124 cm³/mol. The minimum atomic E-state index is -2.05. The molecule has 2 amide bonds. The third-order valence-corrected chi connectivity index (χ3v) is 7.29. The van der Waals surface area contributed by atoms with Crippen molar-refractivity contribution in [3.8, 4) is 11.5 Å². The largest absolute Gasteiger partial charge is 0.493 e. The second-order valence-electron chi connectivity index (χ2n) is 8.46. The number of methoxy groups -OCH3 is 2. The number of carbonyl (C=O) groups is 3. The molecular weight excluding hydrogens is 508 g/mol. The van der Waals surface area contributed by atoms with Crippen LogP contribution in [-0.4, -0.2) is 58.8 Å². The number of rotatable bonds is 7. The Morgan fingerprint density at radius 2 is 1.85 bits per heavy atom. The van der Waals surface area contributed by atoms with E-state index in [4.69, 9.17) is 9.47 Å². The molecule has 2 saturated heterocycles. The summed E-state index contributed by atoms with van der Waals surface area (Å²) >= 11 is 3.43. The Bertz CT molecular complexity index is 1140. The molecule has 5 atom stereocenters. The maximum absolute atomic E-state index is 13.6. The molecule has 5 unspecified atom stereocenters. The van der Waals surface area contributed by atoms with Gasteiger partial charge < -0.3 is 19.7 Å². The van der Waals surface area contributed by atoms with Gasteiger partial charge >= 0.3 is 5.97 Å². The number of aliphatic hydroxyl groups is 1. The number of carboxylic acids is 1. The number of aliphatic carboxylic acids is 1. The van der Waals surface area contributed by atoms with Gasteiger partial charge in [-0.2, -0.15) is 0 Å². The third-order valence-electron chi connectivity index (χ3n) is 6.70.